The Hall–Kier alpha value is -1.79. The fourth-order valence-electron chi connectivity index (χ4n) is 3.08. The Morgan fingerprint density at radius 1 is 1.03 bits per heavy atom. The molecule has 5 nitrogen and oxygen atoms in total. The lowest BCUT2D eigenvalue weighted by Gasteiger charge is -2.22. The second-order valence-corrected chi connectivity index (χ2v) is 7.43. The summed E-state index contributed by atoms with van der Waals surface area (Å²) in [5.74, 6) is 1.33. The van der Waals surface area contributed by atoms with Crippen molar-refractivity contribution in [2.75, 3.05) is 39.9 Å². The van der Waals surface area contributed by atoms with Crippen molar-refractivity contribution in [3.8, 4) is 11.5 Å². The molecule has 0 aliphatic heterocycles. The van der Waals surface area contributed by atoms with Crippen LogP contribution in [0.5, 0.6) is 11.5 Å². The molecule has 2 rings (SSSR count). The minimum atomic E-state index is -0.534. The predicted molar refractivity (Wildman–Crippen MR) is 119 cm³/mol. The third-order valence-electron chi connectivity index (χ3n) is 4.86. The molecule has 0 amide bonds. The summed E-state index contributed by atoms with van der Waals surface area (Å²) < 4.78 is 11.3. The number of rotatable bonds is 13. The Kier molecular flexibility index (Phi) is 10.3. The molecule has 0 heterocycles. The molecule has 0 aliphatic rings. The van der Waals surface area contributed by atoms with Gasteiger partial charge in [0.15, 0.2) is 11.5 Å². The average Bonchev–Trinajstić information content (AvgIpc) is 2.75. The Morgan fingerprint density at radius 2 is 1.72 bits per heavy atom. The maximum atomic E-state index is 10.2. The quantitative estimate of drug-likeness (QED) is 0.483. The van der Waals surface area contributed by atoms with Crippen molar-refractivity contribution in [3.63, 3.8) is 0 Å². The van der Waals surface area contributed by atoms with Gasteiger partial charge in [0.1, 0.15) is 12.7 Å². The number of nitrogens with zero attached hydrogens (tertiary/aromatic N) is 1. The number of ether oxygens (including phenoxy) is 2. The van der Waals surface area contributed by atoms with Crippen LogP contribution in [-0.2, 0) is 13.0 Å². The van der Waals surface area contributed by atoms with Gasteiger partial charge < -0.3 is 24.8 Å². The first-order valence-corrected chi connectivity index (χ1v) is 10.6. The summed E-state index contributed by atoms with van der Waals surface area (Å²) in [5, 5.41) is 14.4. The number of hydrogen-bond donors (Lipinski definition) is 2. The van der Waals surface area contributed by atoms with Crippen molar-refractivity contribution in [2.24, 2.45) is 0 Å². The van der Waals surface area contributed by atoms with Crippen LogP contribution in [0.2, 0.25) is 5.02 Å². The number of nitrogens with one attached hydrogen (secondary N) is 1. The van der Waals surface area contributed by atoms with Crippen molar-refractivity contribution in [1.82, 2.24) is 10.2 Å². The highest BCUT2D eigenvalue weighted by Crippen LogP contribution is 2.28. The maximum absolute atomic E-state index is 10.2. The van der Waals surface area contributed by atoms with Gasteiger partial charge in [0.2, 0.25) is 0 Å². The highest BCUT2D eigenvalue weighted by atomic mass is 35.5. The van der Waals surface area contributed by atoms with Gasteiger partial charge in [-0.15, -0.1) is 0 Å². The van der Waals surface area contributed by atoms with Crippen molar-refractivity contribution in [3.05, 3.63) is 58.6 Å². The van der Waals surface area contributed by atoms with Crippen LogP contribution in [0.15, 0.2) is 42.5 Å². The Labute approximate surface area is 179 Å². The molecule has 0 spiro atoms. The highest BCUT2D eigenvalue weighted by molar-refractivity contribution is 6.30. The zero-order valence-corrected chi connectivity index (χ0v) is 18.4. The monoisotopic (exact) mass is 420 g/mol. The van der Waals surface area contributed by atoms with E-state index in [2.05, 4.69) is 24.1 Å². The molecule has 1 atom stereocenters. The van der Waals surface area contributed by atoms with E-state index < -0.39 is 6.10 Å². The number of benzene rings is 2. The largest absolute Gasteiger partial charge is 0.493 e. The van der Waals surface area contributed by atoms with Crippen LogP contribution in [-0.4, -0.2) is 56.0 Å². The molecule has 0 fully saturated rings. The van der Waals surface area contributed by atoms with E-state index in [4.69, 9.17) is 21.1 Å². The molecular formula is C23H33ClN2O3. The lowest BCUT2D eigenvalue weighted by molar-refractivity contribution is 0.0705. The van der Waals surface area contributed by atoms with E-state index in [1.165, 1.54) is 5.56 Å². The van der Waals surface area contributed by atoms with Crippen molar-refractivity contribution >= 4 is 11.6 Å². The SMILES string of the molecule is CCN(CC)C[C@@H](O)COc1ccc(CNCCc2ccc(Cl)cc2)cc1OC. The first-order valence-electron chi connectivity index (χ1n) is 10.2. The lowest BCUT2D eigenvalue weighted by atomic mass is 10.1. The van der Waals surface area contributed by atoms with Crippen LogP contribution >= 0.6 is 11.6 Å². The molecule has 0 aromatic heterocycles. The minimum Gasteiger partial charge on any atom is -0.493 e. The third-order valence-corrected chi connectivity index (χ3v) is 5.11. The van der Waals surface area contributed by atoms with Gasteiger partial charge in [-0.05, 0) is 61.4 Å². The average molecular weight is 421 g/mol. The van der Waals surface area contributed by atoms with E-state index in [-0.39, 0.29) is 6.61 Å². The molecule has 2 aromatic rings. The number of methoxy groups -OCH3 is 1. The zero-order valence-electron chi connectivity index (χ0n) is 17.7. The van der Waals surface area contributed by atoms with E-state index in [1.807, 2.05) is 42.5 Å². The maximum Gasteiger partial charge on any atom is 0.161 e. The number of aliphatic hydroxyl groups excluding tert-OH is 1. The summed E-state index contributed by atoms with van der Waals surface area (Å²) in [6, 6.07) is 13.8. The lowest BCUT2D eigenvalue weighted by Crippen LogP contribution is -2.35. The summed E-state index contributed by atoms with van der Waals surface area (Å²) in [5.41, 5.74) is 2.38. The number of hydrogen-bond acceptors (Lipinski definition) is 5. The first-order chi connectivity index (χ1) is 14.0. The smallest absolute Gasteiger partial charge is 0.161 e. The summed E-state index contributed by atoms with van der Waals surface area (Å²) in [7, 11) is 1.63. The summed E-state index contributed by atoms with van der Waals surface area (Å²) in [6.45, 7) is 8.46. The molecule has 0 radical (unpaired) electrons. The van der Waals surface area contributed by atoms with E-state index in [9.17, 15) is 5.11 Å². The second-order valence-electron chi connectivity index (χ2n) is 6.99. The molecule has 0 aliphatic carbocycles. The second kappa shape index (κ2) is 12.7. The van der Waals surface area contributed by atoms with Gasteiger partial charge in [0, 0.05) is 18.1 Å². The number of likely N-dealkylation sites (N-methyl/N-ethyl adjacent to an activating group) is 1. The summed E-state index contributed by atoms with van der Waals surface area (Å²) >= 11 is 5.92. The van der Waals surface area contributed by atoms with Crippen LogP contribution < -0.4 is 14.8 Å². The van der Waals surface area contributed by atoms with Crippen LogP contribution in [0.3, 0.4) is 0 Å². The van der Waals surface area contributed by atoms with Gasteiger partial charge in [-0.1, -0.05) is 43.6 Å². The fourth-order valence-corrected chi connectivity index (χ4v) is 3.20. The van der Waals surface area contributed by atoms with E-state index >= 15 is 0 Å². The molecule has 160 valence electrons. The molecule has 0 bridgehead atoms. The molecule has 2 aromatic carbocycles. The van der Waals surface area contributed by atoms with E-state index in [1.54, 1.807) is 7.11 Å². The van der Waals surface area contributed by atoms with Gasteiger partial charge >= 0.3 is 0 Å². The third kappa shape index (κ3) is 8.23. The van der Waals surface area contributed by atoms with E-state index in [0.717, 1.165) is 43.2 Å². The zero-order chi connectivity index (χ0) is 21.1. The standard InChI is InChI=1S/C23H33ClN2O3/c1-4-26(5-2)16-21(27)17-29-22-11-8-19(14-23(22)28-3)15-25-13-12-18-6-9-20(24)10-7-18/h6-11,14,21,25,27H,4-5,12-13,15-17H2,1-3H3/t21-/m1/s1. The fraction of sp³-hybridized carbons (Fsp3) is 0.478. The van der Waals surface area contributed by atoms with Gasteiger partial charge in [0.05, 0.1) is 7.11 Å². The number of halogens is 1. The molecule has 6 heteroatoms. The van der Waals surface area contributed by atoms with Crippen molar-refractivity contribution in [1.29, 1.82) is 0 Å². The number of aliphatic hydroxyl groups is 1. The van der Waals surface area contributed by atoms with Gasteiger partial charge in [0.25, 0.3) is 0 Å². The Balaban J connectivity index is 1.80. The predicted octanol–water partition coefficient (Wildman–Crippen LogP) is 3.76. The van der Waals surface area contributed by atoms with Crippen LogP contribution in [0, 0.1) is 0 Å². The summed E-state index contributed by atoms with van der Waals surface area (Å²) in [6.07, 6.45) is 0.411. The molecular weight excluding hydrogens is 388 g/mol. The van der Waals surface area contributed by atoms with Crippen LogP contribution in [0.1, 0.15) is 25.0 Å². The highest BCUT2D eigenvalue weighted by Gasteiger charge is 2.12. The Morgan fingerprint density at radius 3 is 2.38 bits per heavy atom. The van der Waals surface area contributed by atoms with Crippen LogP contribution in [0.25, 0.3) is 0 Å². The van der Waals surface area contributed by atoms with Gasteiger partial charge in [-0.25, -0.2) is 0 Å². The minimum absolute atomic E-state index is 0.242. The first kappa shape index (κ1) is 23.5. The molecule has 0 saturated carbocycles. The molecule has 0 saturated heterocycles. The van der Waals surface area contributed by atoms with Gasteiger partial charge in [-0.2, -0.15) is 0 Å². The van der Waals surface area contributed by atoms with Crippen molar-refractivity contribution in [2.45, 2.75) is 32.9 Å². The molecule has 0 unspecified atom stereocenters. The normalized spacial score (nSPS) is 12.2. The van der Waals surface area contributed by atoms with Crippen LogP contribution in [0.4, 0.5) is 0 Å². The van der Waals surface area contributed by atoms with E-state index in [0.29, 0.717) is 18.0 Å². The summed E-state index contributed by atoms with van der Waals surface area (Å²) in [4.78, 5) is 2.17. The Bertz CT molecular complexity index is 721. The van der Waals surface area contributed by atoms with Gasteiger partial charge in [-0.3, -0.25) is 0 Å². The van der Waals surface area contributed by atoms with Crippen molar-refractivity contribution < 1.29 is 14.6 Å². The topological polar surface area (TPSA) is 54.0 Å². The molecule has 2 N–H and O–H groups in total. The molecule has 29 heavy (non-hydrogen) atoms.